The summed E-state index contributed by atoms with van der Waals surface area (Å²) >= 11 is 5.18. The molecule has 2 rings (SSSR count). The van der Waals surface area contributed by atoms with Gasteiger partial charge in [0, 0.05) is 18.7 Å². The zero-order valence-corrected chi connectivity index (χ0v) is 10.6. The van der Waals surface area contributed by atoms with E-state index in [4.69, 9.17) is 17.0 Å². The molecule has 1 heterocycles. The van der Waals surface area contributed by atoms with Gasteiger partial charge >= 0.3 is 0 Å². The molecule has 2 unspecified atom stereocenters. The third kappa shape index (κ3) is 2.68. The first-order valence-corrected chi connectivity index (χ1v) is 6.19. The summed E-state index contributed by atoms with van der Waals surface area (Å²) in [6, 6.07) is 1.88. The first-order chi connectivity index (χ1) is 7.69. The number of nitrogens with zero attached hydrogens (tertiary/aromatic N) is 1. The van der Waals surface area contributed by atoms with E-state index in [-0.39, 0.29) is 0 Å². The standard InChI is InChI=1S/C12H18N2OS/c1-8-3-4-9(5-8)12-13-10(7-15-2)6-11(16)14-12/h6,8-9H,3-5,7H2,1-2H3,(H,13,14,16). The molecule has 0 bridgehead atoms. The zero-order valence-electron chi connectivity index (χ0n) is 9.82. The molecule has 1 saturated carbocycles. The molecule has 1 N–H and O–H groups in total. The summed E-state index contributed by atoms with van der Waals surface area (Å²) in [5, 5.41) is 0. The van der Waals surface area contributed by atoms with Crippen LogP contribution in [0, 0.1) is 10.6 Å². The van der Waals surface area contributed by atoms with Gasteiger partial charge in [-0.2, -0.15) is 0 Å². The molecule has 0 aliphatic heterocycles. The Kier molecular flexibility index (Phi) is 3.71. The molecular weight excluding hydrogens is 220 g/mol. The normalized spacial score (nSPS) is 24.9. The van der Waals surface area contributed by atoms with Gasteiger partial charge in [0.05, 0.1) is 6.61 Å². The van der Waals surface area contributed by atoms with Crippen molar-refractivity contribution in [2.75, 3.05) is 7.11 Å². The van der Waals surface area contributed by atoms with Gasteiger partial charge in [0.2, 0.25) is 0 Å². The third-order valence-corrected chi connectivity index (χ3v) is 3.41. The van der Waals surface area contributed by atoms with Crippen molar-refractivity contribution in [1.29, 1.82) is 0 Å². The molecule has 0 aromatic carbocycles. The Hall–Kier alpha value is -0.740. The van der Waals surface area contributed by atoms with Crippen molar-refractivity contribution in [3.05, 3.63) is 22.2 Å². The minimum Gasteiger partial charge on any atom is -0.378 e. The number of rotatable bonds is 3. The van der Waals surface area contributed by atoms with Crippen LogP contribution in [0.25, 0.3) is 0 Å². The lowest BCUT2D eigenvalue weighted by atomic mass is 10.1. The van der Waals surface area contributed by atoms with Gasteiger partial charge in [-0.1, -0.05) is 19.1 Å². The van der Waals surface area contributed by atoms with E-state index in [1.165, 1.54) is 19.3 Å². The first kappa shape index (κ1) is 11.7. The Bertz CT molecular complexity index is 416. The van der Waals surface area contributed by atoms with Crippen molar-refractivity contribution in [3.8, 4) is 0 Å². The van der Waals surface area contributed by atoms with Crippen molar-refractivity contribution in [3.63, 3.8) is 0 Å². The van der Waals surface area contributed by atoms with E-state index in [1.807, 2.05) is 6.07 Å². The van der Waals surface area contributed by atoms with E-state index in [0.29, 0.717) is 17.2 Å². The van der Waals surface area contributed by atoms with Crippen molar-refractivity contribution in [2.45, 2.75) is 38.7 Å². The van der Waals surface area contributed by atoms with Crippen LogP contribution in [-0.4, -0.2) is 17.1 Å². The predicted molar refractivity (Wildman–Crippen MR) is 65.9 cm³/mol. The SMILES string of the molecule is COCc1cc(=S)nc(C2CCC(C)C2)[nH]1. The average Bonchev–Trinajstić information content (AvgIpc) is 2.64. The summed E-state index contributed by atoms with van der Waals surface area (Å²) in [4.78, 5) is 7.78. The lowest BCUT2D eigenvalue weighted by Gasteiger charge is -2.11. The van der Waals surface area contributed by atoms with Crippen LogP contribution in [0.4, 0.5) is 0 Å². The third-order valence-electron chi connectivity index (χ3n) is 3.20. The molecule has 0 amide bonds. The first-order valence-electron chi connectivity index (χ1n) is 5.78. The highest BCUT2D eigenvalue weighted by Crippen LogP contribution is 2.36. The maximum absolute atomic E-state index is 5.18. The van der Waals surface area contributed by atoms with E-state index in [1.54, 1.807) is 7.11 Å². The second-order valence-electron chi connectivity index (χ2n) is 4.68. The highest BCUT2D eigenvalue weighted by Gasteiger charge is 2.24. The van der Waals surface area contributed by atoms with Crippen molar-refractivity contribution in [2.24, 2.45) is 5.92 Å². The molecule has 1 aliphatic rings. The van der Waals surface area contributed by atoms with Gasteiger partial charge < -0.3 is 9.72 Å². The summed E-state index contributed by atoms with van der Waals surface area (Å²) in [5.41, 5.74) is 1.03. The van der Waals surface area contributed by atoms with Gasteiger partial charge in [-0.15, -0.1) is 0 Å². The highest BCUT2D eigenvalue weighted by molar-refractivity contribution is 7.71. The number of hydrogen-bond acceptors (Lipinski definition) is 3. The average molecular weight is 238 g/mol. The van der Waals surface area contributed by atoms with Gasteiger partial charge in [0.15, 0.2) is 0 Å². The largest absolute Gasteiger partial charge is 0.378 e. The second-order valence-corrected chi connectivity index (χ2v) is 5.10. The molecule has 16 heavy (non-hydrogen) atoms. The summed E-state index contributed by atoms with van der Waals surface area (Å²) in [6.07, 6.45) is 3.73. The summed E-state index contributed by atoms with van der Waals surface area (Å²) in [7, 11) is 1.69. The quantitative estimate of drug-likeness (QED) is 0.822. The molecule has 88 valence electrons. The Balaban J connectivity index is 2.23. The fourth-order valence-corrected chi connectivity index (χ4v) is 2.65. The molecule has 0 spiro atoms. The fraction of sp³-hybridized carbons (Fsp3) is 0.667. The zero-order chi connectivity index (χ0) is 11.5. The van der Waals surface area contributed by atoms with Gasteiger partial charge in [0.1, 0.15) is 10.5 Å². The monoisotopic (exact) mass is 238 g/mol. The molecule has 0 saturated heterocycles. The van der Waals surface area contributed by atoms with Crippen LogP contribution in [0.5, 0.6) is 0 Å². The van der Waals surface area contributed by atoms with E-state index < -0.39 is 0 Å². The van der Waals surface area contributed by atoms with Gasteiger partial charge in [-0.25, -0.2) is 4.98 Å². The molecule has 0 radical (unpaired) electrons. The lowest BCUT2D eigenvalue weighted by Crippen LogP contribution is -2.05. The maximum Gasteiger partial charge on any atom is 0.130 e. The number of H-pyrrole nitrogens is 1. The van der Waals surface area contributed by atoms with Crippen LogP contribution in [-0.2, 0) is 11.3 Å². The van der Waals surface area contributed by atoms with E-state index in [0.717, 1.165) is 17.4 Å². The van der Waals surface area contributed by atoms with Crippen molar-refractivity contribution < 1.29 is 4.74 Å². The summed E-state index contributed by atoms with van der Waals surface area (Å²) < 4.78 is 5.78. The molecule has 1 aromatic heterocycles. The molecule has 1 aliphatic carbocycles. The molecule has 1 aromatic rings. The van der Waals surface area contributed by atoms with E-state index in [2.05, 4.69) is 16.9 Å². The van der Waals surface area contributed by atoms with Gasteiger partial charge in [-0.3, -0.25) is 0 Å². The van der Waals surface area contributed by atoms with Crippen LogP contribution in [0.3, 0.4) is 0 Å². The van der Waals surface area contributed by atoms with Crippen molar-refractivity contribution >= 4 is 12.2 Å². The Morgan fingerprint density at radius 3 is 3.00 bits per heavy atom. The second kappa shape index (κ2) is 5.06. The smallest absolute Gasteiger partial charge is 0.130 e. The van der Waals surface area contributed by atoms with E-state index >= 15 is 0 Å². The topological polar surface area (TPSA) is 37.9 Å². The van der Waals surface area contributed by atoms with Crippen LogP contribution in [0.15, 0.2) is 6.07 Å². The number of nitrogens with one attached hydrogen (secondary N) is 1. The number of aromatic amines is 1. The van der Waals surface area contributed by atoms with Gasteiger partial charge in [0.25, 0.3) is 0 Å². The lowest BCUT2D eigenvalue weighted by molar-refractivity contribution is 0.181. The number of aromatic nitrogens is 2. The van der Waals surface area contributed by atoms with Crippen LogP contribution in [0.1, 0.15) is 43.6 Å². The Morgan fingerprint density at radius 2 is 2.38 bits per heavy atom. The Morgan fingerprint density at radius 1 is 1.56 bits per heavy atom. The minimum absolute atomic E-state index is 0.550. The number of ether oxygens (including phenoxy) is 1. The maximum atomic E-state index is 5.18. The fourth-order valence-electron chi connectivity index (χ4n) is 2.41. The van der Waals surface area contributed by atoms with Crippen LogP contribution >= 0.6 is 12.2 Å². The molecular formula is C12H18N2OS. The van der Waals surface area contributed by atoms with Crippen LogP contribution in [0.2, 0.25) is 0 Å². The summed E-state index contributed by atoms with van der Waals surface area (Å²) in [6.45, 7) is 2.87. The minimum atomic E-state index is 0.550. The van der Waals surface area contributed by atoms with Crippen LogP contribution < -0.4 is 0 Å². The molecule has 3 nitrogen and oxygen atoms in total. The summed E-state index contributed by atoms with van der Waals surface area (Å²) in [5.74, 6) is 2.40. The number of methoxy groups -OCH3 is 1. The Labute approximate surface area is 101 Å². The van der Waals surface area contributed by atoms with Crippen molar-refractivity contribution in [1.82, 2.24) is 9.97 Å². The molecule has 4 heteroatoms. The molecule has 1 fully saturated rings. The molecule has 2 atom stereocenters. The van der Waals surface area contributed by atoms with E-state index in [9.17, 15) is 0 Å². The predicted octanol–water partition coefficient (Wildman–Crippen LogP) is 3.19. The highest BCUT2D eigenvalue weighted by atomic mass is 32.1. The van der Waals surface area contributed by atoms with Gasteiger partial charge in [-0.05, 0) is 31.2 Å². The number of hydrogen-bond donors (Lipinski definition) is 1.